The monoisotopic (exact) mass is 349 g/mol. The van der Waals surface area contributed by atoms with E-state index < -0.39 is 18.4 Å². The molecule has 1 atom stereocenters. The Morgan fingerprint density at radius 2 is 1.90 bits per heavy atom. The number of hydrogen-bond donors (Lipinski definition) is 1. The van der Waals surface area contributed by atoms with Crippen LogP contribution in [0.3, 0.4) is 0 Å². The molecule has 21 heavy (non-hydrogen) atoms. The van der Waals surface area contributed by atoms with Crippen molar-refractivity contribution in [3.63, 3.8) is 0 Å². The minimum Gasteiger partial charge on any atom is -0.469 e. The van der Waals surface area contributed by atoms with Crippen LogP contribution in [0.1, 0.15) is 26.3 Å². The summed E-state index contributed by atoms with van der Waals surface area (Å²) >= 11 is 3.36. The van der Waals surface area contributed by atoms with Crippen molar-refractivity contribution < 1.29 is 12.3 Å². The number of carbonyl (C=O) groups is 1. The minimum atomic E-state index is -2.18. The van der Waals surface area contributed by atoms with Crippen molar-refractivity contribution in [2.24, 2.45) is 0 Å². The Kier molecular flexibility index (Phi) is 4.94. The van der Waals surface area contributed by atoms with Crippen LogP contribution in [0.4, 0.5) is 0 Å². The summed E-state index contributed by atoms with van der Waals surface area (Å²) in [4.78, 5) is 11.9. The lowest BCUT2D eigenvalue weighted by Crippen LogP contribution is -2.24. The maximum atomic E-state index is 11.9. The quantitative estimate of drug-likeness (QED) is 0.805. The number of halogens is 1. The largest absolute Gasteiger partial charge is 0.469 e. The highest BCUT2D eigenvalue weighted by atomic mass is 79.9. The smallest absolute Gasteiger partial charge is 0.307 e. The fraction of sp³-hybridized carbons (Fsp3) is 0.235. The van der Waals surface area contributed by atoms with Gasteiger partial charge in [-0.2, -0.15) is 0 Å². The van der Waals surface area contributed by atoms with Crippen molar-refractivity contribution in [1.29, 1.82) is 0 Å². The molecule has 2 aromatic rings. The highest BCUT2D eigenvalue weighted by molar-refractivity contribution is 9.10. The van der Waals surface area contributed by atoms with Gasteiger partial charge in [0.05, 0.1) is 13.5 Å². The average molecular weight is 350 g/mol. The summed E-state index contributed by atoms with van der Waals surface area (Å²) in [6.45, 7) is 0.443. The first-order valence-corrected chi connectivity index (χ1v) is 7.35. The van der Waals surface area contributed by atoms with E-state index in [1.165, 1.54) is 7.11 Å². The lowest BCUT2D eigenvalue weighted by molar-refractivity contribution is -0.141. The molecule has 0 radical (unpaired) electrons. The third-order valence-electron chi connectivity index (χ3n) is 3.00. The summed E-state index contributed by atoms with van der Waals surface area (Å²) < 4.78 is 21.8. The van der Waals surface area contributed by atoms with Crippen LogP contribution in [0.25, 0.3) is 0 Å². The number of methoxy groups -OCH3 is 1. The lowest BCUT2D eigenvalue weighted by Gasteiger charge is -2.18. The van der Waals surface area contributed by atoms with Gasteiger partial charge in [-0.05, 0) is 23.3 Å². The molecule has 0 bridgehead atoms. The van der Waals surface area contributed by atoms with Crippen LogP contribution >= 0.6 is 15.9 Å². The van der Waals surface area contributed by atoms with Gasteiger partial charge in [0.1, 0.15) is 0 Å². The van der Waals surface area contributed by atoms with Crippen molar-refractivity contribution in [2.45, 2.75) is 19.0 Å². The van der Waals surface area contributed by atoms with Crippen molar-refractivity contribution >= 4 is 21.9 Å². The molecule has 0 aliphatic rings. The van der Waals surface area contributed by atoms with Crippen LogP contribution in [0.15, 0.2) is 59.1 Å². The number of hydrogen-bond acceptors (Lipinski definition) is 3. The zero-order valence-corrected chi connectivity index (χ0v) is 13.3. The average Bonchev–Trinajstić information content (AvgIpc) is 2.56. The van der Waals surface area contributed by atoms with E-state index in [2.05, 4.69) is 26.0 Å². The van der Waals surface area contributed by atoms with Gasteiger partial charge in [-0.25, -0.2) is 0 Å². The number of rotatable bonds is 6. The van der Waals surface area contributed by atoms with Gasteiger partial charge in [0.15, 0.2) is 0 Å². The number of benzene rings is 2. The van der Waals surface area contributed by atoms with Gasteiger partial charge in [0.25, 0.3) is 0 Å². The number of nitrogens with one attached hydrogen (secondary N) is 1. The maximum Gasteiger partial charge on any atom is 0.307 e. The maximum absolute atomic E-state index is 11.9. The molecular formula is C17H18BrNO2. The second-order valence-electron chi connectivity index (χ2n) is 4.49. The fourth-order valence-corrected chi connectivity index (χ4v) is 2.16. The Morgan fingerprint density at radius 1 is 1.24 bits per heavy atom. The number of carbonyl (C=O) groups excluding carboxylic acids is 1. The lowest BCUT2D eigenvalue weighted by atomic mass is 10.0. The highest BCUT2D eigenvalue weighted by Crippen LogP contribution is 2.20. The Bertz CT molecular complexity index is 647. The van der Waals surface area contributed by atoms with Crippen LogP contribution in [0.5, 0.6) is 0 Å². The van der Waals surface area contributed by atoms with Crippen LogP contribution in [-0.2, 0) is 16.1 Å². The summed E-state index contributed by atoms with van der Waals surface area (Å²) in [6, 6.07) is 16.0. The van der Waals surface area contributed by atoms with Crippen LogP contribution in [-0.4, -0.2) is 13.1 Å². The van der Waals surface area contributed by atoms with E-state index in [-0.39, 0.29) is 0 Å². The molecule has 2 aromatic carbocycles. The van der Waals surface area contributed by atoms with E-state index in [1.807, 2.05) is 42.5 Å². The summed E-state index contributed by atoms with van der Waals surface area (Å²) in [5, 5.41) is 3.14. The van der Waals surface area contributed by atoms with E-state index in [0.29, 0.717) is 12.1 Å². The third-order valence-corrected chi connectivity index (χ3v) is 3.53. The topological polar surface area (TPSA) is 38.3 Å². The molecule has 4 heteroatoms. The van der Waals surface area contributed by atoms with E-state index in [4.69, 9.17) is 2.74 Å². The second-order valence-corrected chi connectivity index (χ2v) is 5.40. The molecule has 1 N–H and O–H groups in total. The Morgan fingerprint density at radius 3 is 2.52 bits per heavy atom. The highest BCUT2D eigenvalue weighted by Gasteiger charge is 2.16. The van der Waals surface area contributed by atoms with E-state index >= 15 is 0 Å². The van der Waals surface area contributed by atoms with Gasteiger partial charge >= 0.3 is 5.97 Å². The zero-order valence-electron chi connectivity index (χ0n) is 13.7. The number of esters is 1. The second kappa shape index (κ2) is 7.96. The fourth-order valence-electron chi connectivity index (χ4n) is 1.90. The standard InChI is InChI=1S/C17H18BrNO2/c1-21-17(20)11-16(14-7-9-15(18)10-8-14)19-12-13-5-3-2-4-6-13/h2-10,16,19H,11-12H2,1H3/i11D2. The molecule has 1 unspecified atom stereocenters. The van der Waals surface area contributed by atoms with Gasteiger partial charge in [-0.1, -0.05) is 58.4 Å². The normalized spacial score (nSPS) is 14.0. The molecule has 110 valence electrons. The molecule has 0 saturated carbocycles. The van der Waals surface area contributed by atoms with Crippen LogP contribution < -0.4 is 5.32 Å². The van der Waals surface area contributed by atoms with Gasteiger partial charge < -0.3 is 10.1 Å². The zero-order chi connectivity index (χ0) is 16.9. The first-order chi connectivity index (χ1) is 10.9. The molecule has 0 aromatic heterocycles. The van der Waals surface area contributed by atoms with Crippen LogP contribution in [0, 0.1) is 0 Å². The van der Waals surface area contributed by atoms with Crippen molar-refractivity contribution in [3.05, 3.63) is 70.2 Å². The molecule has 0 fully saturated rings. The Hall–Kier alpha value is -1.65. The molecule has 0 amide bonds. The van der Waals surface area contributed by atoms with Gasteiger partial charge in [0.2, 0.25) is 0 Å². The third kappa shape index (κ3) is 4.99. The predicted octanol–water partition coefficient (Wildman–Crippen LogP) is 3.84. The molecule has 0 heterocycles. The SMILES string of the molecule is [2H]C([2H])(C(=O)OC)C(NCc1ccccc1)c1ccc(Br)cc1. The first kappa shape index (κ1) is 13.0. The Balaban J connectivity index is 2.27. The molecule has 0 spiro atoms. The van der Waals surface area contributed by atoms with Crippen LogP contribution in [0.2, 0.25) is 0 Å². The molecular weight excluding hydrogens is 330 g/mol. The summed E-state index contributed by atoms with van der Waals surface area (Å²) in [7, 11) is 1.19. The van der Waals surface area contributed by atoms with Gasteiger partial charge in [-0.15, -0.1) is 0 Å². The molecule has 0 aliphatic carbocycles. The van der Waals surface area contributed by atoms with Crippen molar-refractivity contribution in [2.75, 3.05) is 7.11 Å². The summed E-state index contributed by atoms with van der Waals surface area (Å²) in [6.07, 6.45) is -2.18. The minimum absolute atomic E-state index is 0.443. The molecule has 3 nitrogen and oxygen atoms in total. The van der Waals surface area contributed by atoms with Gasteiger partial charge in [-0.3, -0.25) is 4.79 Å². The number of ether oxygens (including phenoxy) is 1. The van der Waals surface area contributed by atoms with Gasteiger partial charge in [0, 0.05) is 19.8 Å². The van der Waals surface area contributed by atoms with E-state index in [0.717, 1.165) is 10.0 Å². The van der Waals surface area contributed by atoms with E-state index in [1.54, 1.807) is 12.1 Å². The Labute approximate surface area is 136 Å². The molecule has 2 rings (SSSR count). The molecule has 0 aliphatic heterocycles. The van der Waals surface area contributed by atoms with E-state index in [9.17, 15) is 4.79 Å². The summed E-state index contributed by atoms with van der Waals surface area (Å²) in [5.74, 6) is -0.897. The van der Waals surface area contributed by atoms with Crippen molar-refractivity contribution in [1.82, 2.24) is 5.32 Å². The first-order valence-electron chi connectivity index (χ1n) is 7.56. The van der Waals surface area contributed by atoms with Crippen molar-refractivity contribution in [3.8, 4) is 0 Å². The molecule has 0 saturated heterocycles. The summed E-state index contributed by atoms with van der Waals surface area (Å²) in [5.41, 5.74) is 1.69. The predicted molar refractivity (Wildman–Crippen MR) is 86.8 cm³/mol.